The van der Waals surface area contributed by atoms with Crippen molar-refractivity contribution in [1.29, 1.82) is 0 Å². The van der Waals surface area contributed by atoms with E-state index in [2.05, 4.69) is 9.80 Å². The number of methoxy groups -OCH3 is 1. The van der Waals surface area contributed by atoms with Gasteiger partial charge in [-0.1, -0.05) is 25.3 Å². The van der Waals surface area contributed by atoms with E-state index in [1.54, 1.807) is 12.1 Å². The second-order valence-electron chi connectivity index (χ2n) is 7.26. The van der Waals surface area contributed by atoms with Crippen LogP contribution in [0.5, 0.6) is 11.5 Å². The summed E-state index contributed by atoms with van der Waals surface area (Å²) in [6.07, 6.45) is 6.00. The van der Waals surface area contributed by atoms with Crippen LogP contribution in [0.2, 0.25) is 0 Å². The van der Waals surface area contributed by atoms with Crippen molar-refractivity contribution in [3.05, 3.63) is 23.8 Å². The molecule has 1 N–H and O–H groups in total. The zero-order valence-electron chi connectivity index (χ0n) is 15.9. The van der Waals surface area contributed by atoms with Gasteiger partial charge in [-0.25, -0.2) is 4.79 Å². The predicted molar refractivity (Wildman–Crippen MR) is 100.0 cm³/mol. The number of hydrogen-bond acceptors (Lipinski definition) is 5. The highest BCUT2D eigenvalue weighted by atomic mass is 16.5. The van der Waals surface area contributed by atoms with Crippen LogP contribution in [-0.4, -0.2) is 66.2 Å². The SMILES string of the molecule is COc1ccc(CN2CCN(C3CCCCC3)C(=O)C2)cc1OCC(=O)O. The van der Waals surface area contributed by atoms with Crippen molar-refractivity contribution in [2.75, 3.05) is 33.4 Å². The van der Waals surface area contributed by atoms with E-state index in [1.165, 1.54) is 26.4 Å². The molecular formula is C20H28N2O5. The van der Waals surface area contributed by atoms with Crippen molar-refractivity contribution in [2.24, 2.45) is 0 Å². The molecule has 0 bridgehead atoms. The fourth-order valence-corrected chi connectivity index (χ4v) is 3.98. The van der Waals surface area contributed by atoms with Gasteiger partial charge in [0.05, 0.1) is 13.7 Å². The van der Waals surface area contributed by atoms with Gasteiger partial charge in [0.2, 0.25) is 5.91 Å². The van der Waals surface area contributed by atoms with E-state index >= 15 is 0 Å². The first-order chi connectivity index (χ1) is 13.1. The highest BCUT2D eigenvalue weighted by molar-refractivity contribution is 5.79. The molecule has 1 aromatic carbocycles. The second-order valence-corrected chi connectivity index (χ2v) is 7.26. The summed E-state index contributed by atoms with van der Waals surface area (Å²) in [5, 5.41) is 8.81. The van der Waals surface area contributed by atoms with Crippen LogP contribution in [-0.2, 0) is 16.1 Å². The molecule has 7 nitrogen and oxygen atoms in total. The van der Waals surface area contributed by atoms with Crippen LogP contribution in [0.25, 0.3) is 0 Å². The van der Waals surface area contributed by atoms with Crippen molar-refractivity contribution in [3.63, 3.8) is 0 Å². The summed E-state index contributed by atoms with van der Waals surface area (Å²) >= 11 is 0. The van der Waals surface area contributed by atoms with Crippen LogP contribution in [0.3, 0.4) is 0 Å². The topological polar surface area (TPSA) is 79.3 Å². The third-order valence-electron chi connectivity index (χ3n) is 5.34. The van der Waals surface area contributed by atoms with Gasteiger partial charge in [0, 0.05) is 25.7 Å². The van der Waals surface area contributed by atoms with Crippen LogP contribution in [0.15, 0.2) is 18.2 Å². The third kappa shape index (κ3) is 5.13. The number of piperazine rings is 1. The van der Waals surface area contributed by atoms with E-state index in [-0.39, 0.29) is 5.91 Å². The molecule has 1 saturated carbocycles. The van der Waals surface area contributed by atoms with Gasteiger partial charge in [0.15, 0.2) is 18.1 Å². The summed E-state index contributed by atoms with van der Waals surface area (Å²) in [6.45, 7) is 2.26. The van der Waals surface area contributed by atoms with Gasteiger partial charge in [-0.05, 0) is 30.5 Å². The van der Waals surface area contributed by atoms with Crippen LogP contribution in [0.1, 0.15) is 37.7 Å². The zero-order valence-corrected chi connectivity index (χ0v) is 15.9. The smallest absolute Gasteiger partial charge is 0.341 e. The minimum atomic E-state index is -1.04. The van der Waals surface area contributed by atoms with Crippen LogP contribution < -0.4 is 9.47 Å². The minimum absolute atomic E-state index is 0.212. The molecule has 0 spiro atoms. The molecule has 7 heteroatoms. The number of ether oxygens (including phenoxy) is 2. The standard InChI is InChI=1S/C20H28N2O5/c1-26-17-8-7-15(11-18(17)27-14-20(24)25)12-21-9-10-22(19(23)13-21)16-5-3-2-4-6-16/h7-8,11,16H,2-6,9-10,12-14H2,1H3,(H,24,25). The van der Waals surface area contributed by atoms with Crippen molar-refractivity contribution in [1.82, 2.24) is 9.80 Å². The Morgan fingerprint density at radius 1 is 1.19 bits per heavy atom. The lowest BCUT2D eigenvalue weighted by Gasteiger charge is -2.40. The minimum Gasteiger partial charge on any atom is -0.493 e. The van der Waals surface area contributed by atoms with Gasteiger partial charge >= 0.3 is 5.97 Å². The molecule has 0 unspecified atom stereocenters. The molecule has 2 fully saturated rings. The zero-order chi connectivity index (χ0) is 19.2. The fraction of sp³-hybridized carbons (Fsp3) is 0.600. The molecule has 0 atom stereocenters. The lowest BCUT2D eigenvalue weighted by Crippen LogP contribution is -2.54. The van der Waals surface area contributed by atoms with E-state index in [0.29, 0.717) is 30.6 Å². The van der Waals surface area contributed by atoms with Crippen molar-refractivity contribution in [3.8, 4) is 11.5 Å². The van der Waals surface area contributed by atoms with E-state index in [1.807, 2.05) is 6.07 Å². The van der Waals surface area contributed by atoms with Gasteiger partial charge in [0.1, 0.15) is 0 Å². The van der Waals surface area contributed by atoms with Gasteiger partial charge in [0.25, 0.3) is 0 Å². The first-order valence-corrected chi connectivity index (χ1v) is 9.60. The Hall–Kier alpha value is -2.28. The second kappa shape index (κ2) is 9.08. The third-order valence-corrected chi connectivity index (χ3v) is 5.34. The van der Waals surface area contributed by atoms with E-state index in [0.717, 1.165) is 31.5 Å². The highest BCUT2D eigenvalue weighted by Crippen LogP contribution is 2.29. The number of hydrogen-bond donors (Lipinski definition) is 1. The van der Waals surface area contributed by atoms with Crippen molar-refractivity contribution >= 4 is 11.9 Å². The van der Waals surface area contributed by atoms with Crippen LogP contribution >= 0.6 is 0 Å². The van der Waals surface area contributed by atoms with E-state index in [4.69, 9.17) is 14.6 Å². The lowest BCUT2D eigenvalue weighted by molar-refractivity contribution is -0.140. The number of amides is 1. The number of nitrogens with zero attached hydrogens (tertiary/aromatic N) is 2. The summed E-state index contributed by atoms with van der Waals surface area (Å²) in [5.41, 5.74) is 0.968. The maximum atomic E-state index is 12.6. The number of aliphatic carboxylic acids is 1. The van der Waals surface area contributed by atoms with Crippen molar-refractivity contribution in [2.45, 2.75) is 44.7 Å². The van der Waals surface area contributed by atoms with Crippen molar-refractivity contribution < 1.29 is 24.2 Å². The summed E-state index contributed by atoms with van der Waals surface area (Å²) in [4.78, 5) is 27.6. The molecule has 3 rings (SSSR count). The predicted octanol–water partition coefficient (Wildman–Crippen LogP) is 2.14. The summed E-state index contributed by atoms with van der Waals surface area (Å²) < 4.78 is 10.5. The fourth-order valence-electron chi connectivity index (χ4n) is 3.98. The molecule has 1 aliphatic carbocycles. The van der Waals surface area contributed by atoms with Gasteiger partial charge < -0.3 is 19.5 Å². The molecule has 1 aliphatic heterocycles. The summed E-state index contributed by atoms with van der Waals surface area (Å²) in [5.74, 6) is 0.0821. The Bertz CT molecular complexity index is 672. The highest BCUT2D eigenvalue weighted by Gasteiger charge is 2.30. The average molecular weight is 376 g/mol. The maximum Gasteiger partial charge on any atom is 0.341 e. The largest absolute Gasteiger partial charge is 0.493 e. The van der Waals surface area contributed by atoms with E-state index < -0.39 is 12.6 Å². The Morgan fingerprint density at radius 3 is 2.63 bits per heavy atom. The van der Waals surface area contributed by atoms with Crippen LogP contribution in [0.4, 0.5) is 0 Å². The molecule has 1 heterocycles. The molecule has 0 radical (unpaired) electrons. The molecule has 148 valence electrons. The Balaban J connectivity index is 1.59. The number of carboxylic acids is 1. The summed E-state index contributed by atoms with van der Waals surface area (Å²) in [7, 11) is 1.52. The molecule has 0 aromatic heterocycles. The molecular weight excluding hydrogens is 348 g/mol. The quantitative estimate of drug-likeness (QED) is 0.785. The van der Waals surface area contributed by atoms with Gasteiger partial charge in [-0.3, -0.25) is 9.69 Å². The number of carbonyl (C=O) groups excluding carboxylic acids is 1. The Morgan fingerprint density at radius 2 is 1.96 bits per heavy atom. The van der Waals surface area contributed by atoms with E-state index in [9.17, 15) is 9.59 Å². The van der Waals surface area contributed by atoms with Gasteiger partial charge in [-0.2, -0.15) is 0 Å². The molecule has 1 amide bonds. The number of rotatable bonds is 7. The molecule has 1 saturated heterocycles. The molecule has 1 aromatic rings. The number of benzene rings is 1. The Kier molecular flexibility index (Phi) is 6.55. The Labute approximate surface area is 159 Å². The first-order valence-electron chi connectivity index (χ1n) is 9.60. The number of carbonyl (C=O) groups is 2. The summed E-state index contributed by atoms with van der Waals surface area (Å²) in [6, 6.07) is 5.90. The lowest BCUT2D eigenvalue weighted by atomic mass is 9.93. The number of carboxylic acid groups (broad SMARTS) is 1. The average Bonchev–Trinajstić information content (AvgIpc) is 2.67. The first kappa shape index (κ1) is 19.5. The molecule has 27 heavy (non-hydrogen) atoms. The maximum absolute atomic E-state index is 12.6. The normalized spacial score (nSPS) is 19.1. The van der Waals surface area contributed by atoms with Gasteiger partial charge in [-0.15, -0.1) is 0 Å². The monoisotopic (exact) mass is 376 g/mol. The molecule has 2 aliphatic rings. The van der Waals surface area contributed by atoms with Crippen LogP contribution in [0, 0.1) is 0 Å².